The first-order chi connectivity index (χ1) is 15.3. The standard InChI is InChI=1S/C13H9.C10H15.C8H8.2ClH.Zr/c1-3-7-12-10(5-1)9-11-6-2-4-8-13(11)12;1-8-5-6-9(7-8)10(2,3)4;1-2-8-6-4-3-5-7-8;;;/h1-9H;6-8H,1-4H3;3-7H,1H3;2*1H;/q2*-1;;;;+2/p-2. The summed E-state index contributed by atoms with van der Waals surface area (Å²) in [5, 5.41) is 5.39. The molecule has 1 aliphatic carbocycles. The van der Waals surface area contributed by atoms with Crippen molar-refractivity contribution >= 4 is 24.8 Å². The minimum atomic E-state index is 0. The fourth-order valence-corrected chi connectivity index (χ4v) is 4.05. The van der Waals surface area contributed by atoms with Crippen molar-refractivity contribution in [2.45, 2.75) is 34.6 Å². The predicted octanol–water partition coefficient (Wildman–Crippen LogP) is 2.46. The first-order valence-corrected chi connectivity index (χ1v) is 12.4. The summed E-state index contributed by atoms with van der Waals surface area (Å²) in [6, 6.07) is 29.7. The molecule has 0 spiro atoms. The summed E-state index contributed by atoms with van der Waals surface area (Å²) in [6.45, 7) is 11.0. The fraction of sp³-hybridized carbons (Fsp3) is 0.226. The first-order valence-electron chi connectivity index (χ1n) is 11.2. The molecule has 3 heteroatoms. The molecule has 0 aliphatic heterocycles. The second-order valence-corrected chi connectivity index (χ2v) is 11.1. The molecule has 0 fully saturated rings. The van der Waals surface area contributed by atoms with E-state index < -0.39 is 0 Å². The second kappa shape index (κ2) is 14.0. The molecule has 0 saturated carbocycles. The van der Waals surface area contributed by atoms with E-state index in [9.17, 15) is 0 Å². The maximum Gasteiger partial charge on any atom is -0.0771 e. The van der Waals surface area contributed by atoms with Crippen molar-refractivity contribution in [1.82, 2.24) is 0 Å². The Hall–Kier alpha value is -1.66. The van der Waals surface area contributed by atoms with Crippen molar-refractivity contribution < 1.29 is 49.0 Å². The van der Waals surface area contributed by atoms with Gasteiger partial charge in [0.1, 0.15) is 0 Å². The van der Waals surface area contributed by atoms with Gasteiger partial charge in [-0.05, 0) is 0 Å². The molecular formula is C31H32Cl2Zr-2. The summed E-state index contributed by atoms with van der Waals surface area (Å²) in [7, 11) is 0. The molecular weight excluding hydrogens is 534 g/mol. The van der Waals surface area contributed by atoms with Gasteiger partial charge in [-0.1, -0.05) is 75.4 Å². The number of halogens is 2. The van der Waals surface area contributed by atoms with E-state index in [0.717, 1.165) is 0 Å². The molecule has 0 radical (unpaired) electrons. The quantitative estimate of drug-likeness (QED) is 0.311. The zero-order valence-corrected chi connectivity index (χ0v) is 24.5. The van der Waals surface area contributed by atoms with Gasteiger partial charge >= 0.3 is 70.3 Å². The van der Waals surface area contributed by atoms with Gasteiger partial charge in [0.05, 0.1) is 0 Å². The first kappa shape index (κ1) is 30.4. The van der Waals surface area contributed by atoms with Crippen LogP contribution in [-0.2, 0) is 24.2 Å². The SMILES string of the molecule is CC1[C-]=CC(C(C)(C)C)=C1.C[C](=[Zr+2])c1ccccc1.[Cl-].[Cl-].c1ccc2c(c1)[cH-]c1ccccc12. The van der Waals surface area contributed by atoms with Crippen molar-refractivity contribution in [3.8, 4) is 0 Å². The van der Waals surface area contributed by atoms with Crippen molar-refractivity contribution in [3.05, 3.63) is 114 Å². The Bertz CT molecular complexity index is 1190. The minimum absolute atomic E-state index is 0. The Kier molecular flexibility index (Phi) is 12.5. The summed E-state index contributed by atoms with van der Waals surface area (Å²) in [5.74, 6) is 0.522. The van der Waals surface area contributed by atoms with Gasteiger partial charge in [0.25, 0.3) is 0 Å². The summed E-state index contributed by atoms with van der Waals surface area (Å²) < 4.78 is 1.46. The molecule has 4 aromatic carbocycles. The van der Waals surface area contributed by atoms with Crippen LogP contribution in [0.3, 0.4) is 0 Å². The third kappa shape index (κ3) is 8.53. The molecule has 0 amide bonds. The summed E-state index contributed by atoms with van der Waals surface area (Å²) in [5.41, 5.74) is 3.09. The van der Waals surface area contributed by atoms with E-state index in [1.165, 1.54) is 60.1 Å². The van der Waals surface area contributed by atoms with Gasteiger partial charge in [-0.25, -0.2) is 6.08 Å². The van der Waals surface area contributed by atoms with Crippen LogP contribution in [0.15, 0.2) is 103 Å². The van der Waals surface area contributed by atoms with Gasteiger partial charge in [0.2, 0.25) is 0 Å². The number of benzene rings is 3. The number of hydrogen-bond donors (Lipinski definition) is 0. The molecule has 34 heavy (non-hydrogen) atoms. The predicted molar refractivity (Wildman–Crippen MR) is 138 cm³/mol. The average Bonchev–Trinajstić information content (AvgIpc) is 3.39. The van der Waals surface area contributed by atoms with Gasteiger partial charge in [-0.15, -0.1) is 39.7 Å². The average molecular weight is 567 g/mol. The third-order valence-corrected chi connectivity index (χ3v) is 6.24. The molecule has 1 atom stereocenters. The number of hydrogen-bond acceptors (Lipinski definition) is 0. The number of fused-ring (bicyclic) bond motifs is 3. The Balaban J connectivity index is 0.000000253. The normalized spacial score (nSPS) is 14.1. The van der Waals surface area contributed by atoms with Crippen molar-refractivity contribution in [2.75, 3.05) is 0 Å². The van der Waals surface area contributed by atoms with Gasteiger partial charge < -0.3 is 24.8 Å². The maximum absolute atomic E-state index is 3.26. The molecule has 0 nitrogen and oxygen atoms in total. The van der Waals surface area contributed by atoms with Crippen LogP contribution < -0.4 is 24.8 Å². The van der Waals surface area contributed by atoms with Crippen molar-refractivity contribution in [1.29, 1.82) is 0 Å². The van der Waals surface area contributed by atoms with E-state index in [-0.39, 0.29) is 24.8 Å². The van der Waals surface area contributed by atoms with Crippen LogP contribution in [-0.4, -0.2) is 3.21 Å². The van der Waals surface area contributed by atoms with Gasteiger partial charge in [-0.2, -0.15) is 11.6 Å². The number of allylic oxidation sites excluding steroid dienone is 4. The molecule has 1 aliphatic rings. The van der Waals surface area contributed by atoms with Crippen molar-refractivity contribution in [2.24, 2.45) is 11.3 Å². The van der Waals surface area contributed by atoms with Crippen LogP contribution in [0.5, 0.6) is 0 Å². The summed E-state index contributed by atoms with van der Waals surface area (Å²) >= 11 is 1.51. The molecule has 176 valence electrons. The zero-order valence-electron chi connectivity index (χ0n) is 20.6. The van der Waals surface area contributed by atoms with Crippen LogP contribution >= 0.6 is 0 Å². The van der Waals surface area contributed by atoms with Gasteiger partial charge in [0.15, 0.2) is 0 Å². The van der Waals surface area contributed by atoms with Gasteiger partial charge in [-0.3, -0.25) is 6.08 Å². The minimum Gasteiger partial charge on any atom is -1.00 e. The largest absolute Gasteiger partial charge is 1.00 e. The molecule has 0 saturated heterocycles. The molecule has 1 unspecified atom stereocenters. The monoisotopic (exact) mass is 564 g/mol. The Morgan fingerprint density at radius 1 is 0.794 bits per heavy atom. The van der Waals surface area contributed by atoms with Crippen LogP contribution in [0.1, 0.15) is 40.2 Å². The van der Waals surface area contributed by atoms with Crippen molar-refractivity contribution in [3.63, 3.8) is 0 Å². The Morgan fingerprint density at radius 3 is 1.62 bits per heavy atom. The van der Waals surface area contributed by atoms with E-state index in [1.54, 1.807) is 0 Å². The molecule has 0 heterocycles. The Morgan fingerprint density at radius 2 is 1.26 bits per heavy atom. The zero-order chi connectivity index (χ0) is 23.1. The van der Waals surface area contributed by atoms with E-state index >= 15 is 0 Å². The number of rotatable bonds is 1. The third-order valence-electron chi connectivity index (χ3n) is 5.53. The van der Waals surface area contributed by atoms with Crippen LogP contribution in [0.25, 0.3) is 21.5 Å². The van der Waals surface area contributed by atoms with Gasteiger partial charge in [0, 0.05) is 0 Å². The van der Waals surface area contributed by atoms with E-state index in [2.05, 4.69) is 132 Å². The summed E-state index contributed by atoms with van der Waals surface area (Å²) in [4.78, 5) is 0. The second-order valence-electron chi connectivity index (χ2n) is 9.28. The van der Waals surface area contributed by atoms with E-state index in [0.29, 0.717) is 11.3 Å². The Labute approximate surface area is 232 Å². The summed E-state index contributed by atoms with van der Waals surface area (Å²) in [6.07, 6.45) is 7.65. The molecule has 0 bridgehead atoms. The smallest absolute Gasteiger partial charge is 0.0771 e. The van der Waals surface area contributed by atoms with E-state index in [4.69, 9.17) is 0 Å². The van der Waals surface area contributed by atoms with E-state index in [1.807, 2.05) is 6.07 Å². The molecule has 5 rings (SSSR count). The molecule has 0 N–H and O–H groups in total. The van der Waals surface area contributed by atoms with Crippen LogP contribution in [0, 0.1) is 17.4 Å². The molecule has 0 aromatic heterocycles. The topological polar surface area (TPSA) is 0 Å². The maximum atomic E-state index is 3.26. The fourth-order valence-electron chi connectivity index (χ4n) is 3.65. The molecule has 4 aromatic rings. The van der Waals surface area contributed by atoms with Crippen LogP contribution in [0.4, 0.5) is 0 Å². The van der Waals surface area contributed by atoms with Crippen LogP contribution in [0.2, 0.25) is 0 Å².